The van der Waals surface area contributed by atoms with Crippen LogP contribution in [-0.2, 0) is 35.0 Å². The van der Waals surface area contributed by atoms with Crippen LogP contribution in [0.1, 0.15) is 46.1 Å². The number of halogens is 1. The van der Waals surface area contributed by atoms with Crippen molar-refractivity contribution in [2.75, 3.05) is 33.2 Å². The summed E-state index contributed by atoms with van der Waals surface area (Å²) in [6, 6.07) is 2.99. The van der Waals surface area contributed by atoms with Crippen molar-refractivity contribution in [1.29, 1.82) is 0 Å². The van der Waals surface area contributed by atoms with Crippen LogP contribution in [0, 0.1) is 5.92 Å². The summed E-state index contributed by atoms with van der Waals surface area (Å²) in [5.74, 6) is -0.974. The fourth-order valence-corrected chi connectivity index (χ4v) is 6.28. The predicted molar refractivity (Wildman–Crippen MR) is 167 cm³/mol. The lowest BCUT2D eigenvalue weighted by Gasteiger charge is -2.42. The normalized spacial score (nSPS) is 34.8. The van der Waals surface area contributed by atoms with Gasteiger partial charge in [0.15, 0.2) is 5.72 Å². The number of allylic oxidation sites excluding steroid dienone is 3. The van der Waals surface area contributed by atoms with Gasteiger partial charge in [-0.15, -0.1) is 0 Å². The van der Waals surface area contributed by atoms with E-state index in [9.17, 15) is 19.5 Å². The van der Waals surface area contributed by atoms with Crippen LogP contribution >= 0.6 is 11.6 Å². The number of anilines is 1. The van der Waals surface area contributed by atoms with E-state index in [0.717, 1.165) is 11.1 Å². The lowest BCUT2D eigenvalue weighted by molar-refractivity contribution is -0.155. The Morgan fingerprint density at radius 3 is 2.64 bits per heavy atom. The van der Waals surface area contributed by atoms with E-state index >= 15 is 0 Å². The molecule has 13 heteroatoms. The van der Waals surface area contributed by atoms with Crippen LogP contribution in [-0.4, -0.2) is 93.2 Å². The number of rotatable bonds is 5. The van der Waals surface area contributed by atoms with Crippen molar-refractivity contribution in [3.8, 4) is 5.75 Å². The number of aliphatic hydroxyl groups is 1. The molecule has 45 heavy (non-hydrogen) atoms. The van der Waals surface area contributed by atoms with Gasteiger partial charge in [-0.3, -0.25) is 14.9 Å². The molecule has 3 heterocycles. The number of hydrogen-bond donors (Lipinski definition) is 3. The summed E-state index contributed by atoms with van der Waals surface area (Å²) in [6.45, 7) is 7.17. The van der Waals surface area contributed by atoms with Crippen LogP contribution < -0.4 is 20.3 Å². The third-order valence-corrected chi connectivity index (χ3v) is 9.38. The van der Waals surface area contributed by atoms with Crippen molar-refractivity contribution in [2.45, 2.75) is 88.7 Å². The number of alkyl carbamates (subject to hydrolysis) is 1. The molecule has 2 fully saturated rings. The number of carbonyl (C=O) groups is 3. The molecule has 3 aliphatic heterocycles. The van der Waals surface area contributed by atoms with Gasteiger partial charge in [0.05, 0.1) is 25.3 Å². The molecule has 2 unspecified atom stereocenters. The standard InChI is InChI=1S/C32H44ClN3O9/c1-17-10-9-11-24(42-8)32(40)16-23(43-30(39)35-32)18(2)28-31(4,45-28)25(44-29(38)19(3)34-5)15-26(37)36(6)21-13-20(12-17)14-22(41-7)27(21)33/h9-11,13-14,18-19,23-25,28,34,40H,12,15-16H2,1-8H3,(H,35,39)/b11-9+,17-10+/t18-,19+,23?,24-,25+,28-,31?,32+/m1/s1. The van der Waals surface area contributed by atoms with E-state index in [1.807, 2.05) is 26.0 Å². The Balaban J connectivity index is 1.80. The molecule has 248 valence electrons. The molecular formula is C32H44ClN3O9. The molecule has 0 aromatic heterocycles. The van der Waals surface area contributed by atoms with Crippen LogP contribution in [0.5, 0.6) is 5.75 Å². The van der Waals surface area contributed by atoms with E-state index in [0.29, 0.717) is 17.9 Å². The number of methoxy groups -OCH3 is 2. The molecule has 0 saturated carbocycles. The molecule has 2 amide bonds. The molecule has 1 aromatic carbocycles. The fraction of sp³-hybridized carbons (Fsp3) is 0.594. The largest absolute Gasteiger partial charge is 0.495 e. The molecule has 0 radical (unpaired) electrons. The van der Waals surface area contributed by atoms with Gasteiger partial charge in [0.2, 0.25) is 5.91 Å². The Kier molecular flexibility index (Phi) is 10.6. The lowest BCUT2D eigenvalue weighted by Crippen LogP contribution is -2.63. The van der Waals surface area contributed by atoms with E-state index < -0.39 is 59.8 Å². The molecule has 8 atom stereocenters. The van der Waals surface area contributed by atoms with Gasteiger partial charge in [0.1, 0.15) is 40.7 Å². The maximum absolute atomic E-state index is 13.8. The molecular weight excluding hydrogens is 606 g/mol. The van der Waals surface area contributed by atoms with Gasteiger partial charge in [-0.25, -0.2) is 4.79 Å². The van der Waals surface area contributed by atoms with Gasteiger partial charge in [0.25, 0.3) is 0 Å². The number of amides is 2. The van der Waals surface area contributed by atoms with Gasteiger partial charge in [-0.2, -0.15) is 0 Å². The minimum atomic E-state index is -1.78. The van der Waals surface area contributed by atoms with E-state index in [4.69, 9.17) is 35.3 Å². The van der Waals surface area contributed by atoms with Crippen molar-refractivity contribution < 1.29 is 43.2 Å². The molecule has 4 bridgehead atoms. The number of nitrogens with zero attached hydrogens (tertiary/aromatic N) is 1. The highest BCUT2D eigenvalue weighted by Crippen LogP contribution is 2.49. The van der Waals surface area contributed by atoms with E-state index in [2.05, 4.69) is 10.6 Å². The maximum Gasteiger partial charge on any atom is 0.409 e. The SMILES string of the molecule is CN[C@@H](C)C(=O)O[C@H]1CC(=O)N(C)c2cc(cc(OC)c2Cl)C/C(C)=C/C=C/[C@@H](OC)[C@@]2(O)CC(OC(=O)N2)[C@@H](C)[C@H]2OC12C. The molecule has 4 rings (SSSR count). The predicted octanol–water partition coefficient (Wildman–Crippen LogP) is 3.28. The van der Waals surface area contributed by atoms with E-state index in [1.54, 1.807) is 46.2 Å². The number of benzene rings is 1. The number of fused-ring (bicyclic) bond motifs is 5. The van der Waals surface area contributed by atoms with Crippen molar-refractivity contribution in [2.24, 2.45) is 5.92 Å². The van der Waals surface area contributed by atoms with Gasteiger partial charge in [-0.05, 0) is 51.9 Å². The number of esters is 1. The third-order valence-electron chi connectivity index (χ3n) is 9.00. The summed E-state index contributed by atoms with van der Waals surface area (Å²) in [5.41, 5.74) is -0.646. The van der Waals surface area contributed by atoms with Crippen molar-refractivity contribution in [1.82, 2.24) is 10.6 Å². The molecule has 12 nitrogen and oxygen atoms in total. The molecule has 2 saturated heterocycles. The van der Waals surface area contributed by atoms with Crippen molar-refractivity contribution in [3.63, 3.8) is 0 Å². The first-order chi connectivity index (χ1) is 21.2. The summed E-state index contributed by atoms with van der Waals surface area (Å²) in [6.07, 6.45) is 1.52. The highest BCUT2D eigenvalue weighted by molar-refractivity contribution is 6.35. The number of nitrogens with one attached hydrogen (secondary N) is 2. The van der Waals surface area contributed by atoms with Gasteiger partial charge in [-0.1, -0.05) is 42.3 Å². The second-order valence-corrected chi connectivity index (χ2v) is 12.6. The van der Waals surface area contributed by atoms with Gasteiger partial charge in [0, 0.05) is 26.5 Å². The summed E-state index contributed by atoms with van der Waals surface area (Å²) in [5, 5.41) is 17.2. The minimum Gasteiger partial charge on any atom is -0.495 e. The number of epoxide rings is 1. The van der Waals surface area contributed by atoms with Gasteiger partial charge < -0.3 is 39.0 Å². The van der Waals surface area contributed by atoms with Crippen LogP contribution in [0.3, 0.4) is 0 Å². The fourth-order valence-electron chi connectivity index (χ4n) is 5.97. The first-order valence-electron chi connectivity index (χ1n) is 14.9. The zero-order valence-electron chi connectivity index (χ0n) is 27.0. The maximum atomic E-state index is 13.8. The first kappa shape index (κ1) is 34.7. The smallest absolute Gasteiger partial charge is 0.409 e. The highest BCUT2D eigenvalue weighted by Gasteiger charge is 2.64. The molecule has 1 aromatic rings. The Morgan fingerprint density at radius 1 is 1.29 bits per heavy atom. The van der Waals surface area contributed by atoms with Gasteiger partial charge >= 0.3 is 12.1 Å². The zero-order chi connectivity index (χ0) is 33.3. The number of hydrogen-bond acceptors (Lipinski definition) is 10. The summed E-state index contributed by atoms with van der Waals surface area (Å²) >= 11 is 6.69. The molecule has 0 aliphatic carbocycles. The average molecular weight is 650 g/mol. The topological polar surface area (TPSA) is 148 Å². The van der Waals surface area contributed by atoms with Crippen LogP contribution in [0.25, 0.3) is 0 Å². The Hall–Kier alpha value is -3.16. The van der Waals surface area contributed by atoms with Crippen LogP contribution in [0.2, 0.25) is 5.02 Å². The second-order valence-electron chi connectivity index (χ2n) is 12.2. The quantitative estimate of drug-likeness (QED) is 0.321. The van der Waals surface area contributed by atoms with E-state index in [-0.39, 0.29) is 23.8 Å². The lowest BCUT2D eigenvalue weighted by atomic mass is 9.83. The zero-order valence-corrected chi connectivity index (χ0v) is 27.8. The second kappa shape index (κ2) is 13.7. The summed E-state index contributed by atoms with van der Waals surface area (Å²) < 4.78 is 28.8. The molecule has 3 aliphatic rings. The number of carbonyl (C=O) groups excluding carboxylic acids is 3. The average Bonchev–Trinajstić information content (AvgIpc) is 3.69. The summed E-state index contributed by atoms with van der Waals surface area (Å²) in [7, 11) is 6.18. The Morgan fingerprint density at radius 2 is 2.00 bits per heavy atom. The molecule has 3 N–H and O–H groups in total. The summed E-state index contributed by atoms with van der Waals surface area (Å²) in [4.78, 5) is 40.9. The Labute approximate surface area is 269 Å². The number of likely N-dealkylation sites (N-methyl/N-ethyl adjacent to an activating group) is 1. The van der Waals surface area contributed by atoms with Crippen LogP contribution in [0.4, 0.5) is 10.5 Å². The van der Waals surface area contributed by atoms with Crippen LogP contribution in [0.15, 0.2) is 35.9 Å². The van der Waals surface area contributed by atoms with Crippen molar-refractivity contribution >= 4 is 35.3 Å². The third kappa shape index (κ3) is 7.30. The van der Waals surface area contributed by atoms with Crippen molar-refractivity contribution in [3.05, 3.63) is 46.5 Å². The monoisotopic (exact) mass is 649 g/mol. The van der Waals surface area contributed by atoms with E-state index in [1.165, 1.54) is 19.1 Å². The number of ether oxygens (including phenoxy) is 5. The Bertz CT molecular complexity index is 1370. The molecule has 0 spiro atoms. The highest BCUT2D eigenvalue weighted by atomic mass is 35.5. The first-order valence-corrected chi connectivity index (χ1v) is 15.3. The minimum absolute atomic E-state index is 0.00553.